The smallest absolute Gasteiger partial charge is 0.411 e. The largest absolute Gasteiger partial charge is 0.459 e. The van der Waals surface area contributed by atoms with E-state index in [1.54, 1.807) is 41.5 Å². The normalized spacial score (nSPS) is 12.7. The number of nitrogens with zero attached hydrogens (tertiary/aromatic N) is 3. The number of esters is 1. The lowest BCUT2D eigenvalue weighted by atomic mass is 10.1. The van der Waals surface area contributed by atoms with Crippen LogP contribution in [0.2, 0.25) is 0 Å². The molecule has 0 bridgehead atoms. The van der Waals surface area contributed by atoms with Crippen LogP contribution in [0.4, 0.5) is 9.18 Å². The molecule has 0 fully saturated rings. The van der Waals surface area contributed by atoms with Crippen molar-refractivity contribution in [1.82, 2.24) is 4.90 Å². The van der Waals surface area contributed by atoms with Crippen LogP contribution in [-0.4, -0.2) is 46.9 Å². The van der Waals surface area contributed by atoms with E-state index in [1.165, 1.54) is 18.2 Å². The molecule has 0 spiro atoms. The highest BCUT2D eigenvalue weighted by Gasteiger charge is 2.27. The number of amides is 1. The molecule has 0 unspecified atom stereocenters. The third kappa shape index (κ3) is 9.35. The molecule has 166 valence electrons. The Morgan fingerprint density at radius 3 is 2.23 bits per heavy atom. The molecular weight excluding hydrogens is 393 g/mol. The summed E-state index contributed by atoms with van der Waals surface area (Å²) in [6.45, 7) is 9.75. The van der Waals surface area contributed by atoms with E-state index in [0.29, 0.717) is 5.56 Å². The summed E-state index contributed by atoms with van der Waals surface area (Å²) >= 11 is 0. The first-order valence-corrected chi connectivity index (χ1v) is 9.26. The predicted molar refractivity (Wildman–Crippen MR) is 112 cm³/mol. The lowest BCUT2D eigenvalue weighted by molar-refractivity contribution is -0.156. The molecule has 0 radical (unpaired) electrons. The van der Waals surface area contributed by atoms with Crippen molar-refractivity contribution < 1.29 is 23.5 Å². The van der Waals surface area contributed by atoms with Gasteiger partial charge in [-0.1, -0.05) is 0 Å². The molecule has 9 nitrogen and oxygen atoms in total. The second-order valence-electron chi connectivity index (χ2n) is 8.52. The van der Waals surface area contributed by atoms with Crippen LogP contribution in [0.5, 0.6) is 0 Å². The predicted octanol–water partition coefficient (Wildman–Crippen LogP) is 2.51. The number of hydrogen-bond donors (Lipinski definition) is 2. The molecule has 1 rings (SSSR count). The Balaban J connectivity index is 3.18. The molecule has 0 aliphatic rings. The number of carbonyl (C=O) groups is 2. The summed E-state index contributed by atoms with van der Waals surface area (Å²) in [5.74, 6) is -1.28. The zero-order valence-corrected chi connectivity index (χ0v) is 18.2. The zero-order valence-electron chi connectivity index (χ0n) is 18.2. The van der Waals surface area contributed by atoms with Gasteiger partial charge in [-0.3, -0.25) is 9.69 Å². The third-order valence-electron chi connectivity index (χ3n) is 3.25. The fraction of sp³-hybridized carbons (Fsp3) is 0.500. The van der Waals surface area contributed by atoms with Gasteiger partial charge >= 0.3 is 12.1 Å². The van der Waals surface area contributed by atoms with E-state index in [4.69, 9.17) is 20.9 Å². The van der Waals surface area contributed by atoms with Crippen molar-refractivity contribution >= 4 is 24.2 Å². The first kappa shape index (κ1) is 24.9. The monoisotopic (exact) mass is 423 g/mol. The zero-order chi connectivity index (χ0) is 23.1. The summed E-state index contributed by atoms with van der Waals surface area (Å²) in [6.07, 6.45) is 0.201. The number of amidine groups is 1. The van der Waals surface area contributed by atoms with Gasteiger partial charge in [0.15, 0.2) is 5.84 Å². The molecule has 4 N–H and O–H groups in total. The van der Waals surface area contributed by atoms with Gasteiger partial charge in [0.2, 0.25) is 0 Å². The van der Waals surface area contributed by atoms with Gasteiger partial charge in [0.05, 0.1) is 0 Å². The van der Waals surface area contributed by atoms with Gasteiger partial charge in [-0.2, -0.15) is 0 Å². The average Bonchev–Trinajstić information content (AvgIpc) is 2.55. The molecule has 1 aromatic rings. The van der Waals surface area contributed by atoms with Crippen LogP contribution in [0.25, 0.3) is 0 Å². The average molecular weight is 423 g/mol. The van der Waals surface area contributed by atoms with Crippen LogP contribution in [0.15, 0.2) is 28.4 Å². The Morgan fingerprint density at radius 1 is 1.10 bits per heavy atom. The number of benzene rings is 1. The Kier molecular flexibility index (Phi) is 8.32. The van der Waals surface area contributed by atoms with Crippen LogP contribution in [0, 0.1) is 5.82 Å². The van der Waals surface area contributed by atoms with Gasteiger partial charge < -0.3 is 20.9 Å². The molecule has 0 saturated carbocycles. The third-order valence-corrected chi connectivity index (χ3v) is 3.25. The second kappa shape index (κ2) is 10.0. The van der Waals surface area contributed by atoms with Crippen molar-refractivity contribution in [3.05, 3.63) is 35.1 Å². The quantitative estimate of drug-likeness (QED) is 0.313. The molecule has 0 atom stereocenters. The minimum Gasteiger partial charge on any atom is -0.459 e. The van der Waals surface area contributed by atoms with Crippen LogP contribution < -0.4 is 11.5 Å². The summed E-state index contributed by atoms with van der Waals surface area (Å²) < 4.78 is 24.8. The fourth-order valence-electron chi connectivity index (χ4n) is 2.30. The molecule has 1 amide bonds. The first-order chi connectivity index (χ1) is 13.7. The van der Waals surface area contributed by atoms with E-state index < -0.39 is 29.1 Å². The van der Waals surface area contributed by atoms with E-state index in [0.717, 1.165) is 11.2 Å². The molecule has 0 heterocycles. The van der Waals surface area contributed by atoms with E-state index in [2.05, 4.69) is 10.2 Å². The number of rotatable bonds is 6. The molecule has 0 aliphatic heterocycles. The number of halogens is 1. The summed E-state index contributed by atoms with van der Waals surface area (Å²) in [7, 11) is 0. The van der Waals surface area contributed by atoms with E-state index in [1.807, 2.05) is 0 Å². The molecule has 1 aromatic carbocycles. The second-order valence-corrected chi connectivity index (χ2v) is 8.52. The Hall–Kier alpha value is -3.17. The maximum Gasteiger partial charge on any atom is 0.411 e. The van der Waals surface area contributed by atoms with Crippen molar-refractivity contribution in [2.24, 2.45) is 21.7 Å². The Labute approximate surface area is 175 Å². The van der Waals surface area contributed by atoms with Gasteiger partial charge in [-0.25, -0.2) is 9.18 Å². The number of nitrogens with two attached hydrogens (primary N) is 2. The van der Waals surface area contributed by atoms with Gasteiger partial charge in [-0.15, -0.1) is 10.2 Å². The van der Waals surface area contributed by atoms with Crippen LogP contribution in [-0.2, 0) is 20.8 Å². The number of ether oxygens (including phenoxy) is 2. The summed E-state index contributed by atoms with van der Waals surface area (Å²) in [6, 6.07) is 3.91. The van der Waals surface area contributed by atoms with Gasteiger partial charge in [-0.05, 0) is 65.3 Å². The van der Waals surface area contributed by atoms with Crippen LogP contribution in [0.1, 0.15) is 52.7 Å². The SMILES string of the molecule is CC(C)(C)OC(=O)CN(Cc1cc(F)cc(/C(N)=N/N=C\N)c1)C(=O)OC(C)(C)C. The van der Waals surface area contributed by atoms with Crippen molar-refractivity contribution in [3.8, 4) is 0 Å². The summed E-state index contributed by atoms with van der Waals surface area (Å²) in [5.41, 5.74) is 10.0. The molecule has 0 aliphatic carbocycles. The summed E-state index contributed by atoms with van der Waals surface area (Å²) in [5, 5.41) is 7.10. The standard InChI is InChI=1S/C20H30FN5O4/c1-19(2,3)29-16(27)11-26(18(28)30-20(4,5)6)10-13-7-14(9-15(21)8-13)17(23)25-24-12-22/h7-9,12H,10-11H2,1-6H3,(H2,22,24)(H2,23,25). The van der Waals surface area contributed by atoms with Gasteiger partial charge in [0.25, 0.3) is 0 Å². The van der Waals surface area contributed by atoms with E-state index in [9.17, 15) is 14.0 Å². The first-order valence-electron chi connectivity index (χ1n) is 9.26. The summed E-state index contributed by atoms with van der Waals surface area (Å²) in [4.78, 5) is 26.0. The molecule has 0 saturated heterocycles. The highest BCUT2D eigenvalue weighted by molar-refractivity contribution is 5.97. The van der Waals surface area contributed by atoms with Gasteiger partial charge in [0.1, 0.15) is 29.9 Å². The van der Waals surface area contributed by atoms with Crippen LogP contribution >= 0.6 is 0 Å². The fourth-order valence-corrected chi connectivity index (χ4v) is 2.30. The number of carbonyl (C=O) groups excluding carboxylic acids is 2. The topological polar surface area (TPSA) is 133 Å². The Morgan fingerprint density at radius 2 is 1.70 bits per heavy atom. The Bertz CT molecular complexity index is 825. The lowest BCUT2D eigenvalue weighted by Crippen LogP contribution is -2.41. The maximum atomic E-state index is 14.1. The van der Waals surface area contributed by atoms with Crippen molar-refractivity contribution in [2.45, 2.75) is 59.3 Å². The van der Waals surface area contributed by atoms with Crippen molar-refractivity contribution in [2.75, 3.05) is 6.54 Å². The molecular formula is C20H30FN5O4. The van der Waals surface area contributed by atoms with Gasteiger partial charge in [0, 0.05) is 12.1 Å². The van der Waals surface area contributed by atoms with Crippen molar-refractivity contribution in [3.63, 3.8) is 0 Å². The van der Waals surface area contributed by atoms with E-state index in [-0.39, 0.29) is 24.5 Å². The lowest BCUT2D eigenvalue weighted by Gasteiger charge is -2.28. The highest BCUT2D eigenvalue weighted by atomic mass is 19.1. The molecule has 30 heavy (non-hydrogen) atoms. The highest BCUT2D eigenvalue weighted by Crippen LogP contribution is 2.16. The molecule has 0 aromatic heterocycles. The maximum absolute atomic E-state index is 14.1. The van der Waals surface area contributed by atoms with Crippen LogP contribution in [0.3, 0.4) is 0 Å². The minimum atomic E-state index is -0.784. The molecule has 10 heteroatoms. The minimum absolute atomic E-state index is 0.0617. The number of hydrogen-bond acceptors (Lipinski definition) is 6. The van der Waals surface area contributed by atoms with E-state index >= 15 is 0 Å². The van der Waals surface area contributed by atoms with Crippen molar-refractivity contribution in [1.29, 1.82) is 0 Å².